The average Bonchev–Trinajstić information content (AvgIpc) is 2.62. The van der Waals surface area contributed by atoms with E-state index in [1.807, 2.05) is 19.1 Å². The second-order valence-corrected chi connectivity index (χ2v) is 6.08. The summed E-state index contributed by atoms with van der Waals surface area (Å²) in [6, 6.07) is 7.18. The van der Waals surface area contributed by atoms with Crippen molar-refractivity contribution in [2.75, 3.05) is 18.6 Å². The number of benzene rings is 1. The zero-order chi connectivity index (χ0) is 20.9. The van der Waals surface area contributed by atoms with Crippen LogP contribution < -0.4 is 9.64 Å². The number of rotatable bonds is 7. The van der Waals surface area contributed by atoms with E-state index < -0.39 is 30.4 Å². The summed E-state index contributed by atoms with van der Waals surface area (Å²) in [5, 5.41) is 0. The molecule has 0 atom stereocenters. The topological polar surface area (TPSA) is 38.2 Å². The minimum Gasteiger partial charge on any atom is -0.467 e. The molecule has 0 aliphatic rings. The van der Waals surface area contributed by atoms with Crippen molar-refractivity contribution in [1.29, 1.82) is 0 Å². The first-order valence-electron chi connectivity index (χ1n) is 8.48. The largest absolute Gasteiger partial charge is 0.467 e. The molecule has 2 rings (SSSR count). The Hall–Kier alpha value is -2.52. The van der Waals surface area contributed by atoms with Gasteiger partial charge in [-0.3, -0.25) is 0 Å². The number of ether oxygens (including phenoxy) is 1. The van der Waals surface area contributed by atoms with Gasteiger partial charge in [-0.15, -0.1) is 0 Å². The van der Waals surface area contributed by atoms with Gasteiger partial charge in [0.25, 0.3) is 0 Å². The molecule has 28 heavy (non-hydrogen) atoms. The Morgan fingerprint density at radius 1 is 1.07 bits per heavy atom. The molecule has 0 saturated heterocycles. The van der Waals surface area contributed by atoms with E-state index in [-0.39, 0.29) is 5.95 Å². The summed E-state index contributed by atoms with van der Waals surface area (Å²) in [5.74, 6) is -1.36. The Bertz CT molecular complexity index is 792. The molecule has 0 amide bonds. The molecule has 0 saturated carbocycles. The maximum atomic E-state index is 13.1. The van der Waals surface area contributed by atoms with Gasteiger partial charge in [0, 0.05) is 18.9 Å². The van der Waals surface area contributed by atoms with Gasteiger partial charge in [0.05, 0.1) is 0 Å². The third-order valence-electron chi connectivity index (χ3n) is 3.87. The molecular weight excluding hydrogens is 388 g/mol. The highest BCUT2D eigenvalue weighted by molar-refractivity contribution is 5.61. The Balaban J connectivity index is 2.40. The molecule has 4 nitrogen and oxygen atoms in total. The van der Waals surface area contributed by atoms with Crippen molar-refractivity contribution in [2.45, 2.75) is 38.5 Å². The lowest BCUT2D eigenvalue weighted by molar-refractivity contribution is -0.159. The summed E-state index contributed by atoms with van der Waals surface area (Å²) in [6.07, 6.45) is -6.74. The summed E-state index contributed by atoms with van der Waals surface area (Å²) >= 11 is 0. The van der Waals surface area contributed by atoms with E-state index in [1.54, 1.807) is 12.1 Å². The Morgan fingerprint density at radius 3 is 2.36 bits per heavy atom. The number of nitrogens with zero attached hydrogens (tertiary/aromatic N) is 3. The highest BCUT2D eigenvalue weighted by Crippen LogP contribution is 2.37. The second kappa shape index (κ2) is 8.66. The van der Waals surface area contributed by atoms with E-state index >= 15 is 0 Å². The molecule has 2 aromatic rings. The van der Waals surface area contributed by atoms with Crippen molar-refractivity contribution in [3.05, 3.63) is 41.6 Å². The fraction of sp³-hybridized carbons (Fsp3) is 0.444. The number of unbranched alkanes of at least 4 members (excludes halogenated alkanes) is 1. The van der Waals surface area contributed by atoms with Gasteiger partial charge in [-0.1, -0.05) is 31.5 Å². The van der Waals surface area contributed by atoms with E-state index in [4.69, 9.17) is 0 Å². The van der Waals surface area contributed by atoms with Gasteiger partial charge in [-0.05, 0) is 24.5 Å². The van der Waals surface area contributed by atoms with Crippen LogP contribution in [0.1, 0.15) is 30.9 Å². The van der Waals surface area contributed by atoms with E-state index in [2.05, 4.69) is 14.7 Å². The first-order valence-corrected chi connectivity index (χ1v) is 8.48. The van der Waals surface area contributed by atoms with Crippen LogP contribution in [0.4, 0.5) is 38.0 Å². The second-order valence-electron chi connectivity index (χ2n) is 6.08. The van der Waals surface area contributed by atoms with E-state index in [0.717, 1.165) is 24.8 Å². The quantitative estimate of drug-likeness (QED) is 0.565. The molecular formula is C18H19F6N3O. The lowest BCUT2D eigenvalue weighted by atomic mass is 10.1. The summed E-state index contributed by atoms with van der Waals surface area (Å²) in [6.45, 7) is 0.138. The van der Waals surface area contributed by atoms with Crippen LogP contribution in [0.3, 0.4) is 0 Å². The minimum atomic E-state index is -4.95. The highest BCUT2D eigenvalue weighted by Gasteiger charge is 2.38. The van der Waals surface area contributed by atoms with Crippen molar-refractivity contribution >= 4 is 11.6 Å². The maximum absolute atomic E-state index is 13.1. The van der Waals surface area contributed by atoms with Crippen LogP contribution in [0.5, 0.6) is 5.88 Å². The fourth-order valence-electron chi connectivity index (χ4n) is 2.50. The SMILES string of the molecule is CCCCc1ccccc1N(C)c1ncc(C(F)(F)F)c(OCC(F)(F)F)n1. The predicted octanol–water partition coefficient (Wildman–Crippen LogP) is 5.55. The minimum absolute atomic E-state index is 0.200. The molecule has 0 unspecified atom stereocenters. The molecule has 1 aromatic carbocycles. The molecule has 0 spiro atoms. The third-order valence-corrected chi connectivity index (χ3v) is 3.87. The van der Waals surface area contributed by atoms with Crippen molar-refractivity contribution in [3.63, 3.8) is 0 Å². The predicted molar refractivity (Wildman–Crippen MR) is 91.7 cm³/mol. The third kappa shape index (κ3) is 5.74. The molecule has 0 aliphatic heterocycles. The molecule has 0 radical (unpaired) electrons. The summed E-state index contributed by atoms with van der Waals surface area (Å²) in [4.78, 5) is 8.72. The zero-order valence-electron chi connectivity index (χ0n) is 15.2. The van der Waals surface area contributed by atoms with Crippen LogP contribution in [-0.2, 0) is 12.6 Å². The van der Waals surface area contributed by atoms with Crippen LogP contribution in [0.25, 0.3) is 0 Å². The zero-order valence-corrected chi connectivity index (χ0v) is 15.2. The highest BCUT2D eigenvalue weighted by atomic mass is 19.4. The average molecular weight is 407 g/mol. The smallest absolute Gasteiger partial charge is 0.423 e. The van der Waals surface area contributed by atoms with Crippen LogP contribution >= 0.6 is 0 Å². The number of alkyl halides is 6. The van der Waals surface area contributed by atoms with Gasteiger partial charge < -0.3 is 9.64 Å². The fourth-order valence-corrected chi connectivity index (χ4v) is 2.50. The summed E-state index contributed by atoms with van der Waals surface area (Å²) in [5.41, 5.74) is 0.110. The number of hydrogen-bond donors (Lipinski definition) is 0. The molecule has 1 aromatic heterocycles. The first-order chi connectivity index (χ1) is 13.0. The summed E-state index contributed by atoms with van der Waals surface area (Å²) < 4.78 is 80.8. The van der Waals surface area contributed by atoms with Crippen LogP contribution in [0.15, 0.2) is 30.5 Å². The number of halogens is 6. The van der Waals surface area contributed by atoms with Crippen LogP contribution in [-0.4, -0.2) is 29.8 Å². The molecule has 0 N–H and O–H groups in total. The monoisotopic (exact) mass is 407 g/mol. The Labute approximate surface area is 158 Å². The van der Waals surface area contributed by atoms with Crippen molar-refractivity contribution in [1.82, 2.24) is 9.97 Å². The summed E-state index contributed by atoms with van der Waals surface area (Å²) in [7, 11) is 1.53. The van der Waals surface area contributed by atoms with Gasteiger partial charge in [-0.2, -0.15) is 31.3 Å². The molecule has 0 bridgehead atoms. The normalized spacial score (nSPS) is 12.1. The standard InChI is InChI=1S/C18H19F6N3O/c1-3-4-7-12-8-5-6-9-14(12)27(2)16-25-10-13(18(22,23)24)15(26-16)28-11-17(19,20)21/h5-6,8-10H,3-4,7,11H2,1-2H3. The molecule has 0 aliphatic carbocycles. The molecule has 10 heteroatoms. The van der Waals surface area contributed by atoms with E-state index in [0.29, 0.717) is 11.9 Å². The van der Waals surface area contributed by atoms with Crippen LogP contribution in [0, 0.1) is 0 Å². The number of hydrogen-bond acceptors (Lipinski definition) is 4. The lowest BCUT2D eigenvalue weighted by Gasteiger charge is -2.22. The number of anilines is 2. The van der Waals surface area contributed by atoms with Gasteiger partial charge in [-0.25, -0.2) is 4.98 Å². The maximum Gasteiger partial charge on any atom is 0.423 e. The van der Waals surface area contributed by atoms with Crippen LogP contribution in [0.2, 0.25) is 0 Å². The van der Waals surface area contributed by atoms with Crippen molar-refractivity contribution in [2.24, 2.45) is 0 Å². The molecule has 1 heterocycles. The van der Waals surface area contributed by atoms with Gasteiger partial charge in [0.1, 0.15) is 5.56 Å². The Morgan fingerprint density at radius 2 is 1.75 bits per heavy atom. The molecule has 154 valence electrons. The Kier molecular flexibility index (Phi) is 6.73. The number of para-hydroxylation sites is 1. The van der Waals surface area contributed by atoms with Gasteiger partial charge >= 0.3 is 12.4 Å². The van der Waals surface area contributed by atoms with Crippen molar-refractivity contribution in [3.8, 4) is 5.88 Å². The van der Waals surface area contributed by atoms with Gasteiger partial charge in [0.15, 0.2) is 6.61 Å². The first kappa shape index (κ1) is 21.8. The van der Waals surface area contributed by atoms with E-state index in [9.17, 15) is 26.3 Å². The number of aromatic nitrogens is 2. The van der Waals surface area contributed by atoms with Gasteiger partial charge in [0.2, 0.25) is 11.8 Å². The number of aryl methyl sites for hydroxylation is 1. The van der Waals surface area contributed by atoms with E-state index in [1.165, 1.54) is 11.9 Å². The van der Waals surface area contributed by atoms with Crippen molar-refractivity contribution < 1.29 is 31.1 Å². The molecule has 0 fully saturated rings. The lowest BCUT2D eigenvalue weighted by Crippen LogP contribution is -2.23.